The second kappa shape index (κ2) is 48.5. The largest absolute Gasteiger partial charge is 0.494 e. The van der Waals surface area contributed by atoms with E-state index in [-0.39, 0.29) is 139 Å². The van der Waals surface area contributed by atoms with Gasteiger partial charge < -0.3 is 53.8 Å². The number of nitrogens with one attached hydrogen (secondary N) is 1. The minimum atomic E-state index is -4.64. The van der Waals surface area contributed by atoms with Gasteiger partial charge in [-0.25, -0.2) is 22.8 Å². The predicted octanol–water partition coefficient (Wildman–Crippen LogP) is 18.5. The van der Waals surface area contributed by atoms with Crippen molar-refractivity contribution in [1.29, 1.82) is 0 Å². The number of aromatic amines is 1. The molecular formula is C88H102ClF14N9O14. The number of aliphatic hydroxyl groups excluding tert-OH is 2. The monoisotopic (exact) mass is 1810 g/mol. The lowest BCUT2D eigenvalue weighted by atomic mass is 10.0. The molecule has 0 radical (unpaired) electrons. The first-order chi connectivity index (χ1) is 58.6. The Morgan fingerprint density at radius 2 is 0.810 bits per heavy atom. The summed E-state index contributed by atoms with van der Waals surface area (Å²) in [7, 11) is 0. The van der Waals surface area contributed by atoms with Crippen LogP contribution >= 0.6 is 12.4 Å². The lowest BCUT2D eigenvalue weighted by Gasteiger charge is -2.19. The zero-order chi connectivity index (χ0) is 92.8. The van der Waals surface area contributed by atoms with E-state index >= 15 is 0 Å². The molecule has 10 aromatic rings. The number of para-hydroxylation sites is 1. The molecule has 0 atom stereocenters. The number of rotatable bonds is 32. The Bertz CT molecular complexity index is 5130. The first-order valence-electron chi connectivity index (χ1n) is 39.3. The predicted molar refractivity (Wildman–Crippen MR) is 440 cm³/mol. The van der Waals surface area contributed by atoms with Crippen molar-refractivity contribution < 1.29 is 129 Å². The molecule has 4 heterocycles. The van der Waals surface area contributed by atoms with E-state index in [4.69, 9.17) is 53.8 Å². The zero-order valence-electron chi connectivity index (χ0n) is 71.3. The van der Waals surface area contributed by atoms with Crippen molar-refractivity contribution >= 4 is 36.1 Å². The number of Topliss-reactive ketones (excluding diaryl/α,β-unsaturated/α-hetero) is 1. The van der Waals surface area contributed by atoms with Crippen molar-refractivity contribution in [3.63, 3.8) is 0 Å². The fraction of sp³-hybridized carbons (Fsp3) is 0.409. The molecule has 0 bridgehead atoms. The SMILES string of the molecule is CC(C)(C)OC(=O)CCc1cc(C(F)(F)F)n[nH]1.CCOc1cc(C)cc(-n2nc(C(F)(F)F)cc2CCC(=O)Cc2ccc(COCCO)c(F)c2)c1.CCOc1cc(C)cc(-n2nc(C(F)(F)F)cc2CCC(=O)OC(C)(C)C)c1.CCOc1cc(C)cc(-n2nc(C(F)(F)F)cc2CN)c1.Cl.O=C(Cc1ccc(COCCO)c(F)c1)Oc1ccccc1. The number of nitrogens with two attached hydrogens (primary N) is 1. The fourth-order valence-electron chi connectivity index (χ4n) is 11.6. The minimum absolute atomic E-state index is 0. The van der Waals surface area contributed by atoms with Crippen LogP contribution in [0.5, 0.6) is 23.0 Å². The van der Waals surface area contributed by atoms with Crippen LogP contribution in [-0.2, 0) is 115 Å². The van der Waals surface area contributed by atoms with Crippen LogP contribution in [0.2, 0.25) is 0 Å². The van der Waals surface area contributed by atoms with Crippen LogP contribution in [0.3, 0.4) is 0 Å². The third kappa shape index (κ3) is 36.0. The second-order valence-corrected chi connectivity index (χ2v) is 29.8. The van der Waals surface area contributed by atoms with E-state index in [9.17, 15) is 80.6 Å². The standard InChI is InChI=1S/C26H28F4N2O4.C20H25F3N2O3.C17H17FO4.C14H16F3N3O.C11H15F3N2O2.ClH/c1-3-36-23-11-17(2)10-21(14-23)32-20(15-25(31-32)26(28,29)30)6-7-22(34)12-18-4-5-19(24(27)13-18)16-35-9-8-33;1-6-27-16-10-13(2)9-15(11-16)25-14(12-17(24-25)20(21,22)23)7-8-18(26)28-19(3,4)5;18-16-10-13(6-7-14(16)12-21-9-8-19)11-17(20)22-15-4-2-1-3-5-15;1-3-21-12-5-9(2)4-10(6-12)20-11(8-18)7-13(19-20)14(15,16)17;1-10(2,3)18-9(17)5-4-7-6-8(16-15-7)11(12,13)14;/h4-5,10-11,13-15,33H,3,6-9,12,16H2,1-2H3;9-12H,6-8H2,1-5H3;1-7,10,19H,8-9,11-12H2;4-7H,3,8,18H2,1-2H3;6H,4-5H2,1-3H3,(H,15,16);1H. The van der Waals surface area contributed by atoms with Crippen molar-refractivity contribution in [2.75, 3.05) is 46.2 Å². The van der Waals surface area contributed by atoms with E-state index in [0.717, 1.165) is 41.0 Å². The van der Waals surface area contributed by atoms with Gasteiger partial charge in [0, 0.05) is 72.2 Å². The molecule has 0 spiro atoms. The topological polar surface area (TPSA) is 291 Å². The van der Waals surface area contributed by atoms with Crippen LogP contribution in [0.1, 0.15) is 166 Å². The molecule has 126 heavy (non-hydrogen) atoms. The number of aromatic nitrogens is 8. The molecule has 0 aliphatic carbocycles. The van der Waals surface area contributed by atoms with Gasteiger partial charge in [-0.2, -0.15) is 73.1 Å². The highest BCUT2D eigenvalue weighted by molar-refractivity contribution is 5.85. The molecule has 0 unspecified atom stereocenters. The number of alkyl halides is 12. The zero-order valence-corrected chi connectivity index (χ0v) is 72.1. The summed E-state index contributed by atoms with van der Waals surface area (Å²) in [6, 6.07) is 36.7. The minimum Gasteiger partial charge on any atom is -0.494 e. The van der Waals surface area contributed by atoms with Crippen molar-refractivity contribution in [3.8, 4) is 40.1 Å². The van der Waals surface area contributed by atoms with Gasteiger partial charge in [0.2, 0.25) is 0 Å². The maximum absolute atomic E-state index is 14.3. The van der Waals surface area contributed by atoms with Gasteiger partial charge in [-0.05, 0) is 209 Å². The molecule has 0 aliphatic heterocycles. The normalized spacial score (nSPS) is 11.6. The summed E-state index contributed by atoms with van der Waals surface area (Å²) in [5.41, 5.74) is 6.79. The number of hydrogen-bond acceptors (Lipinski definition) is 19. The quantitative estimate of drug-likeness (QED) is 0.0132. The number of ether oxygens (including phenoxy) is 8. The summed E-state index contributed by atoms with van der Waals surface area (Å²) in [6.07, 6.45) is -18.1. The van der Waals surface area contributed by atoms with Crippen LogP contribution in [0.4, 0.5) is 61.5 Å². The highest BCUT2D eigenvalue weighted by atomic mass is 35.5. The summed E-state index contributed by atoms with van der Waals surface area (Å²) < 4.78 is 229. The average Bonchev–Trinajstić information content (AvgIpc) is 1.66. The van der Waals surface area contributed by atoms with Crippen LogP contribution in [0.15, 0.2) is 146 Å². The van der Waals surface area contributed by atoms with E-state index in [2.05, 4.69) is 25.5 Å². The molecule has 6 aromatic carbocycles. The van der Waals surface area contributed by atoms with Gasteiger partial charge in [0.05, 0.1) is 101 Å². The van der Waals surface area contributed by atoms with Crippen LogP contribution in [0.25, 0.3) is 17.1 Å². The van der Waals surface area contributed by atoms with Crippen molar-refractivity contribution in [3.05, 3.63) is 242 Å². The van der Waals surface area contributed by atoms with E-state index < -0.39 is 88.2 Å². The average molecular weight is 1810 g/mol. The second-order valence-electron chi connectivity index (χ2n) is 29.8. The van der Waals surface area contributed by atoms with E-state index in [1.54, 1.807) is 146 Å². The van der Waals surface area contributed by atoms with Crippen LogP contribution in [-0.4, -0.2) is 131 Å². The number of aliphatic hydroxyl groups is 2. The van der Waals surface area contributed by atoms with Gasteiger partial charge in [-0.15, -0.1) is 12.4 Å². The number of halogens is 15. The third-order valence-corrected chi connectivity index (χ3v) is 16.8. The highest BCUT2D eigenvalue weighted by Gasteiger charge is 2.38. The number of hydrogen-bond donors (Lipinski definition) is 4. The Balaban J connectivity index is 0.000000285. The number of aryl methyl sites for hydroxylation is 6. The lowest BCUT2D eigenvalue weighted by molar-refractivity contribution is -0.155. The van der Waals surface area contributed by atoms with Crippen molar-refractivity contribution in [1.82, 2.24) is 39.5 Å². The van der Waals surface area contributed by atoms with Crippen molar-refractivity contribution in [2.45, 2.75) is 190 Å². The maximum atomic E-state index is 14.3. The number of benzene rings is 6. The maximum Gasteiger partial charge on any atom is 0.435 e. The summed E-state index contributed by atoms with van der Waals surface area (Å²) >= 11 is 0. The smallest absolute Gasteiger partial charge is 0.435 e. The molecular weight excluding hydrogens is 1710 g/mol. The summed E-state index contributed by atoms with van der Waals surface area (Å²) in [5.74, 6) is -0.515. The molecule has 0 amide bonds. The Kier molecular flexibility index (Phi) is 40.5. The molecule has 23 nitrogen and oxygen atoms in total. The highest BCUT2D eigenvalue weighted by Crippen LogP contribution is 2.36. The Morgan fingerprint density at radius 3 is 1.17 bits per heavy atom. The van der Waals surface area contributed by atoms with Crippen molar-refractivity contribution in [2.24, 2.45) is 5.73 Å². The van der Waals surface area contributed by atoms with Gasteiger partial charge >= 0.3 is 42.6 Å². The number of carbonyl (C=O) groups is 4. The van der Waals surface area contributed by atoms with E-state index in [0.29, 0.717) is 82.1 Å². The molecule has 688 valence electrons. The first-order valence-corrected chi connectivity index (χ1v) is 39.3. The first kappa shape index (κ1) is 105. The van der Waals surface area contributed by atoms with Gasteiger partial charge in [-0.3, -0.25) is 24.3 Å². The Labute approximate surface area is 725 Å². The number of carbonyl (C=O) groups excluding carboxylic acids is 4. The molecule has 0 saturated heterocycles. The number of esters is 3. The molecule has 38 heteroatoms. The number of H-pyrrole nitrogens is 1. The molecule has 10 rings (SSSR count). The summed E-state index contributed by atoms with van der Waals surface area (Å²) in [5, 5.41) is 33.8. The molecule has 4 aromatic heterocycles. The van der Waals surface area contributed by atoms with Gasteiger partial charge in [-0.1, -0.05) is 42.5 Å². The summed E-state index contributed by atoms with van der Waals surface area (Å²) in [6.45, 7) is 22.6. The van der Waals surface area contributed by atoms with Crippen LogP contribution in [0, 0.1) is 32.4 Å². The van der Waals surface area contributed by atoms with E-state index in [1.807, 2.05) is 39.8 Å². The molecule has 0 saturated carbocycles. The van der Waals surface area contributed by atoms with E-state index in [1.165, 1.54) is 32.2 Å². The Morgan fingerprint density at radius 1 is 0.437 bits per heavy atom. The van der Waals surface area contributed by atoms with Gasteiger partial charge in [0.25, 0.3) is 0 Å². The lowest BCUT2D eigenvalue weighted by Crippen LogP contribution is -2.24. The molecule has 0 aliphatic rings. The number of ketones is 1. The Hall–Kier alpha value is -11.3. The molecule has 5 N–H and O–H groups in total. The van der Waals surface area contributed by atoms with Gasteiger partial charge in [0.15, 0.2) is 22.8 Å². The molecule has 0 fully saturated rings. The van der Waals surface area contributed by atoms with Crippen LogP contribution < -0.4 is 24.7 Å². The fourth-order valence-corrected chi connectivity index (χ4v) is 11.6. The number of nitrogens with zero attached hydrogens (tertiary/aromatic N) is 7. The van der Waals surface area contributed by atoms with Gasteiger partial charge in [0.1, 0.15) is 51.6 Å². The third-order valence-electron chi connectivity index (χ3n) is 16.8. The summed E-state index contributed by atoms with van der Waals surface area (Å²) in [4.78, 5) is 47.7.